The molecule has 19 heteroatoms. The lowest BCUT2D eigenvalue weighted by Gasteiger charge is -2.21. The third-order valence-corrected chi connectivity index (χ3v) is 18.7. The fraction of sp³-hybridized carbons (Fsp3) is 0.944. The van der Waals surface area contributed by atoms with E-state index in [-0.39, 0.29) is 25.7 Å². The van der Waals surface area contributed by atoms with Crippen LogP contribution in [0.3, 0.4) is 0 Å². The highest BCUT2D eigenvalue weighted by Crippen LogP contribution is 2.45. The van der Waals surface area contributed by atoms with Crippen LogP contribution in [0.25, 0.3) is 0 Å². The highest BCUT2D eigenvalue weighted by atomic mass is 31.2. The number of esters is 4. The van der Waals surface area contributed by atoms with Crippen molar-refractivity contribution < 1.29 is 80.2 Å². The molecular formula is C71H138O17P2. The van der Waals surface area contributed by atoms with Crippen LogP contribution in [-0.2, 0) is 65.4 Å². The minimum absolute atomic E-state index is 0.103. The van der Waals surface area contributed by atoms with Crippen LogP contribution in [0.15, 0.2) is 0 Å². The van der Waals surface area contributed by atoms with Crippen LogP contribution in [0.2, 0.25) is 0 Å². The number of aliphatic hydroxyl groups excluding tert-OH is 1. The van der Waals surface area contributed by atoms with E-state index < -0.39 is 97.5 Å². The number of phosphoric acid groups is 2. The van der Waals surface area contributed by atoms with Gasteiger partial charge in [0.1, 0.15) is 19.3 Å². The Hall–Kier alpha value is -1.94. The maximum absolute atomic E-state index is 13.0. The second-order valence-corrected chi connectivity index (χ2v) is 29.3. The van der Waals surface area contributed by atoms with Gasteiger partial charge < -0.3 is 33.8 Å². The minimum Gasteiger partial charge on any atom is -0.462 e. The SMILES string of the molecule is CCCCCCCCCCCCCC(=O)OC[C@H](COP(=O)(O)OC[C@@H](O)COP(=O)(O)OC[C@@H](COC(=O)CCCCCCCCCC)OC(=O)CCCCCCCCC(C)CC)OC(=O)CCCCCCCCCCCCCCCCCCCCC(C)C. The van der Waals surface area contributed by atoms with Crippen molar-refractivity contribution in [3.8, 4) is 0 Å². The van der Waals surface area contributed by atoms with Gasteiger partial charge in [0.05, 0.1) is 26.4 Å². The molecule has 0 saturated heterocycles. The largest absolute Gasteiger partial charge is 0.472 e. The third kappa shape index (κ3) is 63.5. The Morgan fingerprint density at radius 1 is 0.322 bits per heavy atom. The normalized spacial score (nSPS) is 14.4. The molecule has 0 saturated carbocycles. The first-order valence-corrected chi connectivity index (χ1v) is 40.0. The van der Waals surface area contributed by atoms with Gasteiger partial charge in [-0.15, -0.1) is 0 Å². The van der Waals surface area contributed by atoms with Crippen LogP contribution in [0.1, 0.15) is 363 Å². The van der Waals surface area contributed by atoms with Crippen molar-refractivity contribution >= 4 is 39.5 Å². The van der Waals surface area contributed by atoms with Crippen LogP contribution in [0.5, 0.6) is 0 Å². The number of unbranched alkanes of at least 4 members (excludes halogenated alkanes) is 39. The third-order valence-electron chi connectivity index (χ3n) is 16.8. The molecule has 3 unspecified atom stereocenters. The molecular weight excluding hydrogens is 1190 g/mol. The molecule has 0 aromatic carbocycles. The number of phosphoric ester groups is 2. The number of hydrogen-bond acceptors (Lipinski definition) is 15. The van der Waals surface area contributed by atoms with E-state index in [0.717, 1.165) is 108 Å². The molecule has 0 fully saturated rings. The zero-order chi connectivity index (χ0) is 66.5. The summed E-state index contributed by atoms with van der Waals surface area (Å²) in [6.07, 6.45) is 48.8. The van der Waals surface area contributed by atoms with Gasteiger partial charge in [0.15, 0.2) is 12.2 Å². The number of rotatable bonds is 70. The van der Waals surface area contributed by atoms with Gasteiger partial charge in [-0.1, -0.05) is 311 Å². The molecule has 0 aliphatic carbocycles. The molecule has 0 rings (SSSR count). The van der Waals surface area contributed by atoms with E-state index >= 15 is 0 Å². The Bertz CT molecular complexity index is 1750. The van der Waals surface area contributed by atoms with E-state index in [9.17, 15) is 43.2 Å². The molecule has 534 valence electrons. The molecule has 0 amide bonds. The molecule has 3 N–H and O–H groups in total. The van der Waals surface area contributed by atoms with Crippen molar-refractivity contribution in [1.29, 1.82) is 0 Å². The van der Waals surface area contributed by atoms with E-state index in [1.807, 2.05) is 0 Å². The van der Waals surface area contributed by atoms with E-state index in [1.54, 1.807) is 0 Å². The summed E-state index contributed by atoms with van der Waals surface area (Å²) in [6, 6.07) is 0. The van der Waals surface area contributed by atoms with Crippen molar-refractivity contribution in [2.75, 3.05) is 39.6 Å². The molecule has 0 radical (unpaired) electrons. The zero-order valence-corrected chi connectivity index (χ0v) is 60.2. The molecule has 6 atom stereocenters. The number of ether oxygens (including phenoxy) is 4. The molecule has 17 nitrogen and oxygen atoms in total. The first-order valence-electron chi connectivity index (χ1n) is 37.0. The summed E-state index contributed by atoms with van der Waals surface area (Å²) in [5, 5.41) is 10.6. The second-order valence-electron chi connectivity index (χ2n) is 26.3. The first-order chi connectivity index (χ1) is 43.4. The lowest BCUT2D eigenvalue weighted by molar-refractivity contribution is -0.161. The molecule has 0 bridgehead atoms. The van der Waals surface area contributed by atoms with Gasteiger partial charge >= 0.3 is 39.5 Å². The average Bonchev–Trinajstić information content (AvgIpc) is 3.66. The number of carbonyl (C=O) groups excluding carboxylic acids is 4. The van der Waals surface area contributed by atoms with Gasteiger partial charge in [-0.25, -0.2) is 9.13 Å². The predicted octanol–water partition coefficient (Wildman–Crippen LogP) is 20.4. The summed E-state index contributed by atoms with van der Waals surface area (Å²) in [5.41, 5.74) is 0. The molecule has 0 aromatic heterocycles. The minimum atomic E-state index is -4.95. The van der Waals surface area contributed by atoms with Crippen molar-refractivity contribution in [3.05, 3.63) is 0 Å². The topological polar surface area (TPSA) is 237 Å². The smallest absolute Gasteiger partial charge is 0.462 e. The first kappa shape index (κ1) is 88.1. The predicted molar refractivity (Wildman–Crippen MR) is 363 cm³/mol. The Morgan fingerprint density at radius 3 is 0.844 bits per heavy atom. The van der Waals surface area contributed by atoms with Crippen molar-refractivity contribution in [2.24, 2.45) is 11.8 Å². The van der Waals surface area contributed by atoms with E-state index in [0.29, 0.717) is 25.7 Å². The Morgan fingerprint density at radius 2 is 0.567 bits per heavy atom. The zero-order valence-electron chi connectivity index (χ0n) is 58.4. The summed E-state index contributed by atoms with van der Waals surface area (Å²) in [4.78, 5) is 72.4. The standard InChI is InChI=1S/C71H138O17P2/c1-7-10-12-14-16-18-27-31-35-42-48-54-69(74)82-59-66(87-70(75)55-49-43-36-32-29-26-24-22-20-19-21-23-25-28-30-33-39-45-51-63(4)5)61-85-89(77,78)83-57-65(72)58-84-90(79,80)86-62-67(60-81-68(73)53-47-41-34-17-15-13-11-8-2)88-71(76)56-50-44-38-37-40-46-52-64(6)9-3/h63-67,72H,7-62H2,1-6H3,(H,77,78)(H,79,80)/t64?,65-,66-,67-/m1/s1. The van der Waals surface area contributed by atoms with Crippen molar-refractivity contribution in [1.82, 2.24) is 0 Å². The Kier molecular flexibility index (Phi) is 61.8. The highest BCUT2D eigenvalue weighted by Gasteiger charge is 2.30. The molecule has 0 aliphatic heterocycles. The lowest BCUT2D eigenvalue weighted by Crippen LogP contribution is -2.30. The second kappa shape index (κ2) is 63.1. The molecule has 0 heterocycles. The van der Waals surface area contributed by atoms with Crippen LogP contribution >= 0.6 is 15.6 Å². The van der Waals surface area contributed by atoms with Crippen LogP contribution in [0, 0.1) is 11.8 Å². The summed E-state index contributed by atoms with van der Waals surface area (Å²) in [7, 11) is -9.89. The van der Waals surface area contributed by atoms with Gasteiger partial charge in [-0.2, -0.15) is 0 Å². The van der Waals surface area contributed by atoms with Crippen LogP contribution in [0.4, 0.5) is 0 Å². The monoisotopic (exact) mass is 1320 g/mol. The summed E-state index contributed by atoms with van der Waals surface area (Å²) < 4.78 is 68.2. The van der Waals surface area contributed by atoms with E-state index in [2.05, 4.69) is 41.5 Å². The fourth-order valence-electron chi connectivity index (χ4n) is 10.7. The highest BCUT2D eigenvalue weighted by molar-refractivity contribution is 7.47. The van der Waals surface area contributed by atoms with Crippen LogP contribution < -0.4 is 0 Å². The van der Waals surface area contributed by atoms with E-state index in [1.165, 1.54) is 173 Å². The van der Waals surface area contributed by atoms with Crippen molar-refractivity contribution in [2.45, 2.75) is 381 Å². The van der Waals surface area contributed by atoms with Gasteiger partial charge in [0.2, 0.25) is 0 Å². The maximum Gasteiger partial charge on any atom is 0.472 e. The average molecular weight is 1330 g/mol. The molecule has 0 aromatic rings. The molecule has 0 aliphatic rings. The fourth-order valence-corrected chi connectivity index (χ4v) is 12.3. The summed E-state index contributed by atoms with van der Waals surface area (Å²) in [6.45, 7) is 9.51. The quantitative estimate of drug-likeness (QED) is 0.0222. The Labute approximate surface area is 549 Å². The number of aliphatic hydroxyl groups is 1. The van der Waals surface area contributed by atoms with Crippen molar-refractivity contribution in [3.63, 3.8) is 0 Å². The van der Waals surface area contributed by atoms with E-state index in [4.69, 9.17) is 37.0 Å². The van der Waals surface area contributed by atoms with Gasteiger partial charge in [-0.3, -0.25) is 37.3 Å². The summed E-state index contributed by atoms with van der Waals surface area (Å²) >= 11 is 0. The van der Waals surface area contributed by atoms with Gasteiger partial charge in [-0.05, 0) is 37.5 Å². The molecule has 0 spiro atoms. The van der Waals surface area contributed by atoms with Crippen LogP contribution in [-0.4, -0.2) is 96.7 Å². The maximum atomic E-state index is 13.0. The Balaban J connectivity index is 5.15. The summed E-state index contributed by atoms with van der Waals surface area (Å²) in [5.74, 6) is -0.588. The lowest BCUT2D eigenvalue weighted by atomic mass is 10.00. The van der Waals surface area contributed by atoms with Gasteiger partial charge in [0, 0.05) is 25.7 Å². The number of carbonyl (C=O) groups is 4. The van der Waals surface area contributed by atoms with Gasteiger partial charge in [0.25, 0.3) is 0 Å². The molecule has 90 heavy (non-hydrogen) atoms. The number of hydrogen-bond donors (Lipinski definition) is 3.